The lowest BCUT2D eigenvalue weighted by Gasteiger charge is -2.31. The molecule has 2 aliphatic rings. The molecule has 4 nitrogen and oxygen atoms in total. The van der Waals surface area contributed by atoms with E-state index < -0.39 is 0 Å². The number of hydrogen-bond acceptors (Lipinski definition) is 4. The van der Waals surface area contributed by atoms with Crippen LogP contribution in [0.25, 0.3) is 0 Å². The van der Waals surface area contributed by atoms with Gasteiger partial charge in [0.25, 0.3) is 0 Å². The van der Waals surface area contributed by atoms with Crippen LogP contribution in [0.3, 0.4) is 0 Å². The quantitative estimate of drug-likeness (QED) is 0.869. The zero-order valence-corrected chi connectivity index (χ0v) is 12.4. The lowest BCUT2D eigenvalue weighted by atomic mass is 10.0. The Balaban J connectivity index is 1.48. The first kappa shape index (κ1) is 14.1. The molecule has 1 aliphatic carbocycles. The van der Waals surface area contributed by atoms with Crippen molar-refractivity contribution in [2.75, 3.05) is 0 Å². The fourth-order valence-corrected chi connectivity index (χ4v) is 2.87. The molecule has 2 atom stereocenters. The second-order valence-electron chi connectivity index (χ2n) is 6.19. The second kappa shape index (κ2) is 6.29. The van der Waals surface area contributed by atoms with E-state index in [9.17, 15) is 0 Å². The van der Waals surface area contributed by atoms with Crippen LogP contribution in [0.4, 0.5) is 0 Å². The van der Waals surface area contributed by atoms with Gasteiger partial charge in [-0.3, -0.25) is 0 Å². The predicted molar refractivity (Wildman–Crippen MR) is 76.4 cm³/mol. The lowest BCUT2D eigenvalue weighted by molar-refractivity contribution is -0.108. The Labute approximate surface area is 120 Å². The van der Waals surface area contributed by atoms with Crippen LogP contribution in [-0.2, 0) is 22.6 Å². The topological polar surface area (TPSA) is 43.6 Å². The summed E-state index contributed by atoms with van der Waals surface area (Å²) in [4.78, 5) is 0. The van der Waals surface area contributed by atoms with Crippen LogP contribution in [0, 0.1) is 0 Å². The number of ether oxygens (including phenoxy) is 2. The molecule has 1 aromatic heterocycles. The van der Waals surface area contributed by atoms with Crippen molar-refractivity contribution >= 4 is 0 Å². The highest BCUT2D eigenvalue weighted by molar-refractivity contribution is 5.16. The molecule has 0 aromatic carbocycles. The van der Waals surface area contributed by atoms with Gasteiger partial charge in [-0.25, -0.2) is 0 Å². The van der Waals surface area contributed by atoms with E-state index in [-0.39, 0.29) is 18.3 Å². The summed E-state index contributed by atoms with van der Waals surface area (Å²) < 4.78 is 17.3. The van der Waals surface area contributed by atoms with E-state index in [1.807, 2.05) is 6.07 Å². The SMILES string of the molecule is CC1CC(OCc2occc2CNC2CC2)CC(C)O1. The van der Waals surface area contributed by atoms with Crippen LogP contribution >= 0.6 is 0 Å². The zero-order valence-electron chi connectivity index (χ0n) is 12.4. The van der Waals surface area contributed by atoms with Gasteiger partial charge in [-0.1, -0.05) is 0 Å². The van der Waals surface area contributed by atoms with E-state index in [0.29, 0.717) is 6.61 Å². The van der Waals surface area contributed by atoms with Crippen molar-refractivity contribution in [1.29, 1.82) is 0 Å². The van der Waals surface area contributed by atoms with Gasteiger partial charge in [0.15, 0.2) is 0 Å². The fraction of sp³-hybridized carbons (Fsp3) is 0.750. The summed E-state index contributed by atoms with van der Waals surface area (Å²) in [6.45, 7) is 5.69. The molecular weight excluding hydrogens is 254 g/mol. The van der Waals surface area contributed by atoms with Crippen molar-refractivity contribution in [3.05, 3.63) is 23.7 Å². The number of rotatable bonds is 6. The fourth-order valence-electron chi connectivity index (χ4n) is 2.87. The summed E-state index contributed by atoms with van der Waals surface area (Å²) in [5.74, 6) is 0.963. The Morgan fingerprint density at radius 1 is 1.25 bits per heavy atom. The maximum absolute atomic E-state index is 6.03. The summed E-state index contributed by atoms with van der Waals surface area (Å²) in [6, 6.07) is 2.76. The standard InChI is InChI=1S/C16H25NO3/c1-11-7-15(8-12(2)20-11)19-10-16-13(5-6-18-16)9-17-14-3-4-14/h5-6,11-12,14-15,17H,3-4,7-10H2,1-2H3. The highest BCUT2D eigenvalue weighted by Crippen LogP contribution is 2.24. The minimum Gasteiger partial charge on any atom is -0.467 e. The molecule has 0 radical (unpaired) electrons. The largest absolute Gasteiger partial charge is 0.467 e. The number of hydrogen-bond donors (Lipinski definition) is 1. The van der Waals surface area contributed by atoms with Crippen LogP contribution in [0.15, 0.2) is 16.7 Å². The lowest BCUT2D eigenvalue weighted by Crippen LogP contribution is -2.34. The van der Waals surface area contributed by atoms with Gasteiger partial charge in [0, 0.05) is 18.2 Å². The van der Waals surface area contributed by atoms with Gasteiger partial charge in [-0.05, 0) is 45.6 Å². The van der Waals surface area contributed by atoms with Gasteiger partial charge in [-0.15, -0.1) is 0 Å². The van der Waals surface area contributed by atoms with E-state index in [4.69, 9.17) is 13.9 Å². The van der Waals surface area contributed by atoms with E-state index in [2.05, 4.69) is 19.2 Å². The van der Waals surface area contributed by atoms with E-state index in [1.54, 1.807) is 6.26 Å². The molecule has 1 saturated heterocycles. The molecule has 2 heterocycles. The Kier molecular flexibility index (Phi) is 4.44. The van der Waals surface area contributed by atoms with Crippen molar-refractivity contribution in [2.45, 2.75) is 77.0 Å². The van der Waals surface area contributed by atoms with Crippen LogP contribution in [0.5, 0.6) is 0 Å². The van der Waals surface area contributed by atoms with Gasteiger partial charge < -0.3 is 19.2 Å². The summed E-state index contributed by atoms with van der Waals surface area (Å²) in [7, 11) is 0. The minimum atomic E-state index is 0.281. The van der Waals surface area contributed by atoms with E-state index >= 15 is 0 Å². The average Bonchev–Trinajstić information content (AvgIpc) is 3.12. The van der Waals surface area contributed by atoms with E-state index in [0.717, 1.165) is 31.2 Å². The molecule has 0 amide bonds. The molecule has 0 bridgehead atoms. The average molecular weight is 279 g/mol. The smallest absolute Gasteiger partial charge is 0.133 e. The third-order valence-corrected chi connectivity index (χ3v) is 4.10. The van der Waals surface area contributed by atoms with Crippen molar-refractivity contribution in [3.63, 3.8) is 0 Å². The van der Waals surface area contributed by atoms with Crippen molar-refractivity contribution < 1.29 is 13.9 Å². The maximum Gasteiger partial charge on any atom is 0.133 e. The first-order valence-electron chi connectivity index (χ1n) is 7.76. The summed E-state index contributed by atoms with van der Waals surface area (Å²) in [5, 5.41) is 3.52. The minimum absolute atomic E-state index is 0.281. The molecule has 1 aromatic rings. The van der Waals surface area contributed by atoms with Gasteiger partial charge in [0.2, 0.25) is 0 Å². The molecule has 1 aliphatic heterocycles. The van der Waals surface area contributed by atoms with Crippen molar-refractivity contribution in [3.8, 4) is 0 Å². The van der Waals surface area contributed by atoms with Crippen LogP contribution in [0.1, 0.15) is 50.9 Å². The van der Waals surface area contributed by atoms with Gasteiger partial charge in [0.1, 0.15) is 12.4 Å². The molecule has 2 unspecified atom stereocenters. The predicted octanol–water partition coefficient (Wildman–Crippen LogP) is 3.00. The molecule has 112 valence electrons. The van der Waals surface area contributed by atoms with Gasteiger partial charge in [0.05, 0.1) is 24.6 Å². The molecule has 1 N–H and O–H groups in total. The Morgan fingerprint density at radius 2 is 2.00 bits per heavy atom. The highest BCUT2D eigenvalue weighted by Gasteiger charge is 2.25. The van der Waals surface area contributed by atoms with Crippen molar-refractivity contribution in [1.82, 2.24) is 5.32 Å². The van der Waals surface area contributed by atoms with Crippen molar-refractivity contribution in [2.24, 2.45) is 0 Å². The third-order valence-electron chi connectivity index (χ3n) is 4.10. The maximum atomic E-state index is 6.03. The molecule has 3 rings (SSSR count). The summed E-state index contributed by atoms with van der Waals surface area (Å²) in [5.41, 5.74) is 1.23. The zero-order chi connectivity index (χ0) is 13.9. The Hall–Kier alpha value is -0.840. The first-order valence-corrected chi connectivity index (χ1v) is 7.76. The van der Waals surface area contributed by atoms with Gasteiger partial charge >= 0.3 is 0 Å². The number of furan rings is 1. The van der Waals surface area contributed by atoms with Crippen LogP contribution in [0.2, 0.25) is 0 Å². The molecular formula is C16H25NO3. The summed E-state index contributed by atoms with van der Waals surface area (Å²) in [6.07, 6.45) is 7.18. The molecule has 2 fully saturated rings. The normalized spacial score (nSPS) is 30.6. The highest BCUT2D eigenvalue weighted by atomic mass is 16.5. The molecule has 20 heavy (non-hydrogen) atoms. The molecule has 4 heteroatoms. The molecule has 0 spiro atoms. The Morgan fingerprint density at radius 3 is 2.70 bits per heavy atom. The Bertz CT molecular complexity index is 417. The number of nitrogens with one attached hydrogen (secondary N) is 1. The third kappa shape index (κ3) is 3.84. The molecule has 1 saturated carbocycles. The first-order chi connectivity index (χ1) is 9.70. The monoisotopic (exact) mass is 279 g/mol. The summed E-state index contributed by atoms with van der Waals surface area (Å²) >= 11 is 0. The van der Waals surface area contributed by atoms with E-state index in [1.165, 1.54) is 18.4 Å². The van der Waals surface area contributed by atoms with Crippen LogP contribution in [-0.4, -0.2) is 24.4 Å². The van der Waals surface area contributed by atoms with Crippen LogP contribution < -0.4 is 5.32 Å². The second-order valence-corrected chi connectivity index (χ2v) is 6.19. The van der Waals surface area contributed by atoms with Gasteiger partial charge in [-0.2, -0.15) is 0 Å².